The first-order valence-electron chi connectivity index (χ1n) is 10.0. The van der Waals surface area contributed by atoms with E-state index in [1.165, 1.54) is 18.2 Å². The quantitative estimate of drug-likeness (QED) is 0.518. The summed E-state index contributed by atoms with van der Waals surface area (Å²) in [5, 5.41) is 2.06. The Kier molecular flexibility index (Phi) is 6.46. The van der Waals surface area contributed by atoms with Crippen LogP contribution in [0.1, 0.15) is 11.1 Å². The summed E-state index contributed by atoms with van der Waals surface area (Å²) in [5.74, 6) is -1.13. The first-order valence-corrected chi connectivity index (χ1v) is 12.0. The molecule has 34 heavy (non-hydrogen) atoms. The van der Waals surface area contributed by atoms with Gasteiger partial charge in [-0.2, -0.15) is 13.2 Å². The van der Waals surface area contributed by atoms with Crippen LogP contribution < -0.4 is 14.4 Å². The van der Waals surface area contributed by atoms with E-state index in [9.17, 15) is 26.4 Å². The van der Waals surface area contributed by atoms with E-state index in [-0.39, 0.29) is 22.2 Å². The molecule has 11 heteroatoms. The van der Waals surface area contributed by atoms with Crippen molar-refractivity contribution >= 4 is 38.9 Å². The van der Waals surface area contributed by atoms with Crippen LogP contribution in [-0.4, -0.2) is 27.0 Å². The fourth-order valence-electron chi connectivity index (χ4n) is 3.54. The van der Waals surface area contributed by atoms with E-state index in [0.29, 0.717) is 11.6 Å². The van der Waals surface area contributed by atoms with Crippen molar-refractivity contribution in [1.29, 1.82) is 0 Å². The van der Waals surface area contributed by atoms with Crippen LogP contribution in [0, 0.1) is 0 Å². The first kappa shape index (κ1) is 23.9. The Hall–Kier alpha value is -3.24. The molecule has 1 aliphatic heterocycles. The Morgan fingerprint density at radius 3 is 2.44 bits per heavy atom. The number of carbonyl (C=O) groups excluding carboxylic acids is 1. The summed E-state index contributed by atoms with van der Waals surface area (Å²) in [4.78, 5) is 12.9. The number of ether oxygens (including phenoxy) is 1. The van der Waals surface area contributed by atoms with E-state index in [2.05, 4.69) is 5.32 Å². The third-order valence-corrected chi connectivity index (χ3v) is 7.05. The second-order valence-electron chi connectivity index (χ2n) is 7.52. The van der Waals surface area contributed by atoms with Gasteiger partial charge in [-0.15, -0.1) is 0 Å². The smallest absolute Gasteiger partial charge is 0.418 e. The van der Waals surface area contributed by atoms with E-state index in [1.807, 2.05) is 0 Å². The molecule has 0 aliphatic carbocycles. The number of hydrogen-bond donors (Lipinski definition) is 1. The van der Waals surface area contributed by atoms with Crippen molar-refractivity contribution in [2.75, 3.05) is 16.2 Å². The SMILES string of the molecule is O=C(Nc1ccc(Cl)cc1C(F)(F)F)[C@@H]1CN(S(=O)(=O)Cc2ccccc2)c2ccccc2O1. The molecule has 0 saturated carbocycles. The van der Waals surface area contributed by atoms with E-state index in [4.69, 9.17) is 16.3 Å². The van der Waals surface area contributed by atoms with E-state index >= 15 is 0 Å². The van der Waals surface area contributed by atoms with Gasteiger partial charge in [0.1, 0.15) is 5.75 Å². The van der Waals surface area contributed by atoms with Gasteiger partial charge in [-0.25, -0.2) is 8.42 Å². The van der Waals surface area contributed by atoms with Crippen LogP contribution in [0.2, 0.25) is 5.02 Å². The van der Waals surface area contributed by atoms with Gasteiger partial charge < -0.3 is 10.1 Å². The van der Waals surface area contributed by atoms with Gasteiger partial charge in [0.25, 0.3) is 5.91 Å². The van der Waals surface area contributed by atoms with Gasteiger partial charge in [-0.1, -0.05) is 54.1 Å². The molecule has 1 N–H and O–H groups in total. The van der Waals surface area contributed by atoms with Gasteiger partial charge in [0, 0.05) is 5.02 Å². The Morgan fingerprint density at radius 2 is 1.74 bits per heavy atom. The van der Waals surface area contributed by atoms with Crippen molar-refractivity contribution in [3.05, 3.63) is 88.9 Å². The van der Waals surface area contributed by atoms with Crippen molar-refractivity contribution in [2.24, 2.45) is 0 Å². The van der Waals surface area contributed by atoms with Crippen molar-refractivity contribution in [1.82, 2.24) is 0 Å². The number of nitrogens with zero attached hydrogens (tertiary/aromatic N) is 1. The highest BCUT2D eigenvalue weighted by Gasteiger charge is 2.38. The zero-order valence-corrected chi connectivity index (χ0v) is 19.0. The molecule has 1 aliphatic rings. The van der Waals surface area contributed by atoms with Crippen LogP contribution in [0.5, 0.6) is 5.75 Å². The average molecular weight is 511 g/mol. The van der Waals surface area contributed by atoms with Crippen LogP contribution in [0.3, 0.4) is 0 Å². The van der Waals surface area contributed by atoms with E-state index in [0.717, 1.165) is 10.4 Å². The van der Waals surface area contributed by atoms with E-state index in [1.54, 1.807) is 42.5 Å². The maximum absolute atomic E-state index is 13.4. The lowest BCUT2D eigenvalue weighted by molar-refractivity contribution is -0.137. The Balaban J connectivity index is 1.63. The Labute approximate surface area is 199 Å². The molecule has 0 fully saturated rings. The number of sulfonamides is 1. The van der Waals surface area contributed by atoms with Crippen LogP contribution >= 0.6 is 11.6 Å². The van der Waals surface area contributed by atoms with Crippen molar-refractivity contribution in [3.8, 4) is 5.75 Å². The maximum atomic E-state index is 13.4. The highest BCUT2D eigenvalue weighted by molar-refractivity contribution is 7.92. The minimum Gasteiger partial charge on any atom is -0.476 e. The molecule has 4 rings (SSSR count). The lowest BCUT2D eigenvalue weighted by Crippen LogP contribution is -2.49. The zero-order chi connectivity index (χ0) is 24.5. The predicted octanol–water partition coefficient (Wildman–Crippen LogP) is 5.09. The molecule has 0 bridgehead atoms. The molecular weight excluding hydrogens is 493 g/mol. The van der Waals surface area contributed by atoms with Gasteiger partial charge in [0.05, 0.1) is 29.2 Å². The van der Waals surface area contributed by atoms with Crippen LogP contribution in [0.25, 0.3) is 0 Å². The number of anilines is 2. The second-order valence-corrected chi connectivity index (χ2v) is 9.85. The predicted molar refractivity (Wildman–Crippen MR) is 122 cm³/mol. The lowest BCUT2D eigenvalue weighted by Gasteiger charge is -2.34. The molecular formula is C23H18ClF3N2O4S. The highest BCUT2D eigenvalue weighted by Crippen LogP contribution is 2.38. The number of alkyl halides is 3. The number of halogens is 4. The van der Waals surface area contributed by atoms with Gasteiger partial charge >= 0.3 is 6.18 Å². The number of hydrogen-bond acceptors (Lipinski definition) is 4. The van der Waals surface area contributed by atoms with Crippen molar-refractivity contribution in [3.63, 3.8) is 0 Å². The molecule has 1 heterocycles. The lowest BCUT2D eigenvalue weighted by atomic mass is 10.1. The molecule has 0 saturated heterocycles. The standard InChI is InChI=1S/C23H18ClF3N2O4S/c24-16-10-11-18(17(12-16)23(25,26)27)28-22(30)21-13-29(19-8-4-5-9-20(19)33-21)34(31,32)14-15-6-2-1-3-7-15/h1-12,21H,13-14H2,(H,28,30)/t21-/m0/s1. The number of carbonyl (C=O) groups is 1. The molecule has 0 aromatic heterocycles. The number of para-hydroxylation sites is 2. The molecule has 178 valence electrons. The van der Waals surface area contributed by atoms with Gasteiger partial charge in [-0.3, -0.25) is 9.10 Å². The van der Waals surface area contributed by atoms with Gasteiger partial charge in [0.15, 0.2) is 6.10 Å². The average Bonchev–Trinajstić information content (AvgIpc) is 2.79. The number of benzene rings is 3. The summed E-state index contributed by atoms with van der Waals surface area (Å²) in [5.41, 5.74) is -0.852. The van der Waals surface area contributed by atoms with Crippen LogP contribution in [0.4, 0.5) is 24.5 Å². The molecule has 3 aromatic rings. The molecule has 0 radical (unpaired) electrons. The number of rotatable bonds is 5. The molecule has 0 unspecified atom stereocenters. The maximum Gasteiger partial charge on any atom is 0.418 e. The summed E-state index contributed by atoms with van der Waals surface area (Å²) >= 11 is 5.69. The fourth-order valence-corrected chi connectivity index (χ4v) is 5.29. The molecule has 1 amide bonds. The Morgan fingerprint density at radius 1 is 1.06 bits per heavy atom. The normalized spacial score (nSPS) is 15.9. The molecule has 0 spiro atoms. The highest BCUT2D eigenvalue weighted by atomic mass is 35.5. The fraction of sp³-hybridized carbons (Fsp3) is 0.174. The minimum absolute atomic E-state index is 0.123. The summed E-state index contributed by atoms with van der Waals surface area (Å²) in [6, 6.07) is 17.7. The van der Waals surface area contributed by atoms with Gasteiger partial charge in [-0.05, 0) is 35.9 Å². The largest absolute Gasteiger partial charge is 0.476 e. The Bertz CT molecular complexity index is 1320. The number of fused-ring (bicyclic) bond motifs is 1. The van der Waals surface area contributed by atoms with E-state index < -0.39 is 46.0 Å². The summed E-state index contributed by atoms with van der Waals surface area (Å²) < 4.78 is 73.4. The molecule has 3 aromatic carbocycles. The molecule has 6 nitrogen and oxygen atoms in total. The minimum atomic E-state index is -4.77. The third-order valence-electron chi connectivity index (χ3n) is 5.10. The summed E-state index contributed by atoms with van der Waals surface area (Å²) in [6.07, 6.45) is -6.16. The van der Waals surface area contributed by atoms with Crippen LogP contribution in [0.15, 0.2) is 72.8 Å². The molecule has 1 atom stereocenters. The number of amides is 1. The zero-order valence-electron chi connectivity index (χ0n) is 17.4. The summed E-state index contributed by atoms with van der Waals surface area (Å²) in [7, 11) is -3.95. The second kappa shape index (κ2) is 9.19. The monoisotopic (exact) mass is 510 g/mol. The van der Waals surface area contributed by atoms with Crippen molar-refractivity contribution in [2.45, 2.75) is 18.0 Å². The topological polar surface area (TPSA) is 75.7 Å². The summed E-state index contributed by atoms with van der Waals surface area (Å²) in [6.45, 7) is -0.410. The van der Waals surface area contributed by atoms with Crippen molar-refractivity contribution < 1.29 is 31.1 Å². The van der Waals surface area contributed by atoms with Gasteiger partial charge in [0.2, 0.25) is 10.0 Å². The number of nitrogens with one attached hydrogen (secondary N) is 1. The van der Waals surface area contributed by atoms with Crippen LogP contribution in [-0.2, 0) is 26.7 Å². The third kappa shape index (κ3) is 5.13. The first-order chi connectivity index (χ1) is 16.0.